The second-order valence-electron chi connectivity index (χ2n) is 24.6. The van der Waals surface area contributed by atoms with E-state index in [1.165, 1.54) is 58.4 Å². The maximum Gasteiger partial charge on any atom is 0.161 e. The monoisotopic (exact) mass is 1350 g/mol. The summed E-state index contributed by atoms with van der Waals surface area (Å²) in [4.78, 5) is 25.9. The molecule has 3 unspecified atom stereocenters. The van der Waals surface area contributed by atoms with E-state index in [-0.39, 0.29) is 58.4 Å². The van der Waals surface area contributed by atoms with E-state index in [9.17, 15) is 18.3 Å². The van der Waals surface area contributed by atoms with E-state index in [1.54, 1.807) is 55.7 Å². The quantitative estimate of drug-likeness (QED) is 0.0836. The SMILES string of the molecule is Br.CC(C)c1cnn2c(Cl)cc(-c3cncc(F)c3)nc12.CC(C)c1cnn2c(NC3Cc4ccc(O)cc4C3)cc(-c3cncc(F)c3)nc12.COc1ccc2c(c1)CC(N)C2.COc1ccc2c(c1)CC(Nc1cc(-c3cncc(F)c3)nc3c(C(C)C)cnn13)C2. The third kappa shape index (κ3) is 14.5. The third-order valence-corrected chi connectivity index (χ3v) is 17.1. The Balaban J connectivity index is 0.000000134. The van der Waals surface area contributed by atoms with Crippen molar-refractivity contribution in [3.63, 3.8) is 0 Å². The number of aromatic nitrogens is 12. The van der Waals surface area contributed by atoms with E-state index in [0.717, 1.165) is 101 Å². The molecule has 0 spiro atoms. The van der Waals surface area contributed by atoms with Gasteiger partial charge >= 0.3 is 0 Å². The van der Waals surface area contributed by atoms with Crippen LogP contribution in [-0.2, 0) is 38.5 Å². The summed E-state index contributed by atoms with van der Waals surface area (Å²) in [6.07, 6.45) is 19.3. The largest absolute Gasteiger partial charge is 0.508 e. The molecule has 3 aliphatic rings. The van der Waals surface area contributed by atoms with Crippen LogP contribution < -0.4 is 25.8 Å². The van der Waals surface area contributed by atoms with Gasteiger partial charge in [0, 0.05) is 88.3 Å². The van der Waals surface area contributed by atoms with Gasteiger partial charge < -0.3 is 30.9 Å². The molecule has 18 nitrogen and oxygen atoms in total. The molecule has 0 bridgehead atoms. The number of halogens is 5. The number of phenols is 1. The summed E-state index contributed by atoms with van der Waals surface area (Å²) in [6, 6.07) is 28.4. The summed E-state index contributed by atoms with van der Waals surface area (Å²) in [5.41, 5.74) is 22.6. The molecule has 484 valence electrons. The third-order valence-electron chi connectivity index (χ3n) is 16.9. The Hall–Kier alpha value is -9.51. The highest BCUT2D eigenvalue weighted by Crippen LogP contribution is 2.35. The summed E-state index contributed by atoms with van der Waals surface area (Å²) in [6.45, 7) is 12.5. The van der Waals surface area contributed by atoms with Crippen LogP contribution in [0.4, 0.5) is 24.8 Å². The molecule has 0 amide bonds. The van der Waals surface area contributed by atoms with Gasteiger partial charge in [-0.3, -0.25) is 15.0 Å². The van der Waals surface area contributed by atoms with E-state index in [4.69, 9.17) is 36.8 Å². The molecule has 0 radical (unpaired) electrons. The van der Waals surface area contributed by atoms with Gasteiger partial charge in [-0.1, -0.05) is 71.3 Å². The lowest BCUT2D eigenvalue weighted by atomic mass is 10.1. The minimum Gasteiger partial charge on any atom is -0.508 e. The number of phenolic OH excluding ortho intramolecular Hbond substituents is 1. The summed E-state index contributed by atoms with van der Waals surface area (Å²) >= 11 is 6.22. The standard InChI is InChI=1S/C24H24FN5O.C23H22FN5O.C14H12ClFN4.C10H13NO.BrH/c1-14(2)21-13-27-30-23(10-22(29-24(21)30)17-6-18(25)12-26-11-17)28-19-7-15-4-5-20(31-3)9-16(15)8-19;1-13(2)20-12-26-29-22(27-18-6-14-3-4-19(30)8-15(14)7-18)9-21(28-23(20)29)16-5-17(24)11-25-10-16;1-8(2)11-7-18-20-13(15)4-12(19-14(11)20)9-3-10(16)6-17-5-9;1-12-10-3-2-7-4-9(11)5-8(7)6-10;/h4-6,9-14,19,28H,7-8H2,1-3H3;3-5,8-13,18,27,30H,6-7H2,1-2H3;3-8H,1-2H3;2-3,6,9H,4-5,11H2,1H3;1H. The molecule has 23 heteroatoms. The van der Waals surface area contributed by atoms with Gasteiger partial charge in [0.2, 0.25) is 0 Å². The first-order valence-corrected chi connectivity index (χ1v) is 31.3. The molecule has 0 saturated heterocycles. The first-order valence-electron chi connectivity index (χ1n) is 30.9. The Morgan fingerprint density at radius 3 is 1.26 bits per heavy atom. The normalized spacial score (nSPS) is 15.2. The molecule has 3 aromatic carbocycles. The minimum atomic E-state index is -0.405. The zero-order valence-electron chi connectivity index (χ0n) is 53.2. The average molecular weight is 1360 g/mol. The number of pyridine rings is 3. The van der Waals surface area contributed by atoms with Crippen molar-refractivity contribution in [2.45, 2.75) is 116 Å². The predicted molar refractivity (Wildman–Crippen MR) is 365 cm³/mol. The number of nitrogens with one attached hydrogen (secondary N) is 2. The van der Waals surface area contributed by atoms with E-state index in [2.05, 4.69) is 112 Å². The number of nitrogens with two attached hydrogens (primary N) is 1. The Kier molecular flexibility index (Phi) is 19.9. The zero-order chi connectivity index (χ0) is 65.2. The number of aromatic hydroxyl groups is 1. The number of benzene rings is 3. The molecule has 3 aliphatic carbocycles. The van der Waals surface area contributed by atoms with Crippen molar-refractivity contribution in [1.29, 1.82) is 0 Å². The number of fused-ring (bicyclic) bond motifs is 6. The Labute approximate surface area is 557 Å². The van der Waals surface area contributed by atoms with Crippen LogP contribution in [-0.4, -0.2) is 96.2 Å². The van der Waals surface area contributed by atoms with Gasteiger partial charge in [0.05, 0.1) is 68.5 Å². The van der Waals surface area contributed by atoms with Crippen LogP contribution in [0.1, 0.15) is 109 Å². The highest BCUT2D eigenvalue weighted by Gasteiger charge is 2.27. The minimum absolute atomic E-state index is 0. The molecule has 15 rings (SSSR count). The van der Waals surface area contributed by atoms with Gasteiger partial charge in [0.1, 0.15) is 51.5 Å². The van der Waals surface area contributed by atoms with Gasteiger partial charge in [0.15, 0.2) is 16.9 Å². The molecule has 12 aromatic rings. The fraction of sp³-hybridized carbons (Fsp3) is 0.282. The zero-order valence-corrected chi connectivity index (χ0v) is 55.7. The first-order chi connectivity index (χ1) is 44.8. The molecule has 3 atom stereocenters. The highest BCUT2D eigenvalue weighted by atomic mass is 79.9. The smallest absolute Gasteiger partial charge is 0.161 e. The molecule has 9 aromatic heterocycles. The van der Waals surface area contributed by atoms with Gasteiger partial charge in [-0.2, -0.15) is 24.3 Å². The number of ether oxygens (including phenoxy) is 2. The van der Waals surface area contributed by atoms with Gasteiger partial charge in [-0.25, -0.2) is 32.6 Å². The molecule has 9 heterocycles. The van der Waals surface area contributed by atoms with Crippen LogP contribution in [0.15, 0.2) is 147 Å². The van der Waals surface area contributed by atoms with Crippen molar-refractivity contribution in [1.82, 2.24) is 58.7 Å². The van der Waals surface area contributed by atoms with Crippen LogP contribution in [0.2, 0.25) is 5.15 Å². The van der Waals surface area contributed by atoms with E-state index < -0.39 is 11.6 Å². The van der Waals surface area contributed by atoms with Crippen molar-refractivity contribution in [3.05, 3.63) is 219 Å². The van der Waals surface area contributed by atoms with Crippen molar-refractivity contribution in [3.8, 4) is 51.0 Å². The maximum atomic E-state index is 13.8. The van der Waals surface area contributed by atoms with Gasteiger partial charge in [-0.15, -0.1) is 17.0 Å². The van der Waals surface area contributed by atoms with Gasteiger partial charge in [-0.05, 0) is 144 Å². The summed E-state index contributed by atoms with van der Waals surface area (Å²) in [7, 11) is 3.38. The van der Waals surface area contributed by atoms with Crippen LogP contribution in [0.3, 0.4) is 0 Å². The fourth-order valence-corrected chi connectivity index (χ4v) is 12.4. The number of hydrogen-bond donors (Lipinski definition) is 4. The first kappa shape index (κ1) is 66.0. The maximum absolute atomic E-state index is 13.8. The summed E-state index contributed by atoms with van der Waals surface area (Å²) in [5, 5.41) is 30.8. The van der Waals surface area contributed by atoms with E-state index >= 15 is 0 Å². The lowest BCUT2D eigenvalue weighted by molar-refractivity contribution is 0.414. The molecular formula is C71H72BrClF3N15O3. The van der Waals surface area contributed by atoms with Crippen LogP contribution in [0.5, 0.6) is 17.2 Å². The van der Waals surface area contributed by atoms with Crippen molar-refractivity contribution >= 4 is 57.2 Å². The number of rotatable bonds is 12. The van der Waals surface area contributed by atoms with Crippen molar-refractivity contribution in [2.75, 3.05) is 24.9 Å². The van der Waals surface area contributed by atoms with E-state index in [1.807, 2.05) is 57.8 Å². The van der Waals surface area contributed by atoms with Crippen LogP contribution >= 0.6 is 28.6 Å². The average Bonchev–Trinajstić information content (AvgIpc) is 1.69. The highest BCUT2D eigenvalue weighted by molar-refractivity contribution is 8.93. The molecule has 0 aliphatic heterocycles. The van der Waals surface area contributed by atoms with E-state index in [0.29, 0.717) is 50.6 Å². The molecule has 94 heavy (non-hydrogen) atoms. The van der Waals surface area contributed by atoms with Crippen LogP contribution in [0.25, 0.3) is 50.7 Å². The fourth-order valence-electron chi connectivity index (χ4n) is 12.1. The Morgan fingerprint density at radius 1 is 0.468 bits per heavy atom. The number of anilines is 2. The number of methoxy groups -OCH3 is 2. The Bertz CT molecular complexity index is 4710. The predicted octanol–water partition coefficient (Wildman–Crippen LogP) is 14.4. The summed E-state index contributed by atoms with van der Waals surface area (Å²) in [5.74, 6) is 3.34. The molecule has 0 saturated carbocycles. The topological polar surface area (TPSA) is 218 Å². The van der Waals surface area contributed by atoms with Crippen LogP contribution in [0, 0.1) is 17.5 Å². The number of hydrogen-bond acceptors (Lipinski definition) is 15. The molecule has 0 fully saturated rings. The lowest BCUT2D eigenvalue weighted by Crippen LogP contribution is -2.21. The number of nitrogens with zero attached hydrogens (tertiary/aromatic N) is 12. The second-order valence-corrected chi connectivity index (χ2v) is 24.9. The lowest BCUT2D eigenvalue weighted by Gasteiger charge is -2.16. The van der Waals surface area contributed by atoms with Gasteiger partial charge in [0.25, 0.3) is 0 Å². The van der Waals surface area contributed by atoms with Crippen molar-refractivity contribution in [2.24, 2.45) is 5.73 Å². The van der Waals surface area contributed by atoms with Crippen molar-refractivity contribution < 1.29 is 27.8 Å². The molecule has 5 N–H and O–H groups in total. The second kappa shape index (κ2) is 28.4. The summed E-state index contributed by atoms with van der Waals surface area (Å²) < 4.78 is 56.6. The molecular weight excluding hydrogens is 1280 g/mol. The Morgan fingerprint density at radius 2 is 0.830 bits per heavy atom.